The Balaban J connectivity index is 1.85. The second kappa shape index (κ2) is 7.92. The maximum Gasteiger partial charge on any atom is 0.317 e. The maximum absolute atomic E-state index is 12.4. The van der Waals surface area contributed by atoms with E-state index in [1.54, 1.807) is 11.3 Å². The third-order valence-corrected chi connectivity index (χ3v) is 5.61. The average molecular weight is 325 g/mol. The Labute approximate surface area is 136 Å². The number of hydrogen-bond donors (Lipinski definition) is 2. The lowest BCUT2D eigenvalue weighted by molar-refractivity contribution is 0.133. The number of amides is 2. The fraction of sp³-hybridized carbons (Fsp3) is 0.750. The topological polar surface area (TPSA) is 65.5 Å². The van der Waals surface area contributed by atoms with Crippen LogP contribution >= 0.6 is 11.3 Å². The molecule has 1 heterocycles. The Morgan fingerprint density at radius 2 is 2.18 bits per heavy atom. The normalized spacial score (nSPS) is 23.1. The summed E-state index contributed by atoms with van der Waals surface area (Å²) in [6, 6.07) is 0.169. The van der Waals surface area contributed by atoms with E-state index in [2.05, 4.69) is 17.2 Å². The van der Waals surface area contributed by atoms with Crippen molar-refractivity contribution in [1.29, 1.82) is 0 Å². The van der Waals surface area contributed by atoms with E-state index in [9.17, 15) is 9.90 Å². The first-order valence-electron chi connectivity index (χ1n) is 8.13. The van der Waals surface area contributed by atoms with Crippen LogP contribution < -0.4 is 5.32 Å². The summed E-state index contributed by atoms with van der Waals surface area (Å²) in [6.45, 7) is 4.33. The molecular formula is C16H27N3O2S. The predicted molar refractivity (Wildman–Crippen MR) is 89.0 cm³/mol. The fourth-order valence-electron chi connectivity index (χ4n) is 2.93. The van der Waals surface area contributed by atoms with Gasteiger partial charge in [-0.15, -0.1) is 11.3 Å². The summed E-state index contributed by atoms with van der Waals surface area (Å²) in [6.07, 6.45) is 4.88. The first-order valence-corrected chi connectivity index (χ1v) is 9.01. The molecule has 0 saturated heterocycles. The van der Waals surface area contributed by atoms with Gasteiger partial charge >= 0.3 is 6.03 Å². The number of thiazole rings is 1. The molecule has 0 aromatic carbocycles. The van der Waals surface area contributed by atoms with Gasteiger partial charge in [-0.1, -0.05) is 6.92 Å². The summed E-state index contributed by atoms with van der Waals surface area (Å²) in [5.74, 6) is 0.411. The number of carbonyl (C=O) groups is 1. The molecule has 0 spiro atoms. The van der Waals surface area contributed by atoms with Gasteiger partial charge in [-0.2, -0.15) is 0 Å². The fourth-order valence-corrected chi connectivity index (χ4v) is 3.77. The smallest absolute Gasteiger partial charge is 0.317 e. The van der Waals surface area contributed by atoms with Gasteiger partial charge in [0.05, 0.1) is 16.7 Å². The van der Waals surface area contributed by atoms with E-state index in [0.29, 0.717) is 5.92 Å². The van der Waals surface area contributed by atoms with E-state index in [1.807, 2.05) is 24.3 Å². The number of nitrogens with one attached hydrogen (secondary N) is 1. The molecule has 6 heteroatoms. The summed E-state index contributed by atoms with van der Waals surface area (Å²) < 4.78 is 0. The highest BCUT2D eigenvalue weighted by atomic mass is 32.1. The van der Waals surface area contributed by atoms with E-state index in [1.165, 1.54) is 0 Å². The second-order valence-electron chi connectivity index (χ2n) is 6.16. The first-order chi connectivity index (χ1) is 10.5. The van der Waals surface area contributed by atoms with E-state index < -0.39 is 0 Å². The first kappa shape index (κ1) is 17.2. The average Bonchev–Trinajstić information content (AvgIpc) is 3.03. The number of aliphatic hydroxyl groups excluding tert-OH is 1. The van der Waals surface area contributed by atoms with Crippen molar-refractivity contribution in [2.24, 2.45) is 5.92 Å². The Kier molecular flexibility index (Phi) is 6.20. The molecule has 5 nitrogen and oxygen atoms in total. The van der Waals surface area contributed by atoms with Crippen LogP contribution in [0.3, 0.4) is 0 Å². The standard InChI is InChI=1S/C16H27N3O2S/c1-4-15-18-14(10-22-15)11(2)17-16(21)19(3)13-7-5-12(9-20)6-8-13/h10-13,20H,4-9H2,1-3H3,(H,17,21). The maximum atomic E-state index is 12.4. The van der Waals surface area contributed by atoms with Crippen molar-refractivity contribution in [2.45, 2.75) is 58.0 Å². The molecule has 1 aliphatic carbocycles. The van der Waals surface area contributed by atoms with Crippen molar-refractivity contribution in [3.63, 3.8) is 0 Å². The molecule has 2 N–H and O–H groups in total. The predicted octanol–water partition coefficient (Wildman–Crippen LogP) is 2.96. The molecule has 124 valence electrons. The quantitative estimate of drug-likeness (QED) is 0.875. The van der Waals surface area contributed by atoms with Crippen molar-refractivity contribution in [3.05, 3.63) is 16.1 Å². The van der Waals surface area contributed by atoms with Crippen molar-refractivity contribution >= 4 is 17.4 Å². The Morgan fingerprint density at radius 3 is 2.73 bits per heavy atom. The zero-order valence-electron chi connectivity index (χ0n) is 13.7. The van der Waals surface area contributed by atoms with Crippen molar-refractivity contribution in [2.75, 3.05) is 13.7 Å². The highest BCUT2D eigenvalue weighted by Gasteiger charge is 2.27. The van der Waals surface area contributed by atoms with Gasteiger partial charge in [-0.25, -0.2) is 9.78 Å². The van der Waals surface area contributed by atoms with Crippen LogP contribution in [0.4, 0.5) is 4.79 Å². The van der Waals surface area contributed by atoms with Crippen LogP contribution in [0, 0.1) is 5.92 Å². The van der Waals surface area contributed by atoms with Crippen molar-refractivity contribution in [3.8, 4) is 0 Å². The zero-order valence-corrected chi connectivity index (χ0v) is 14.5. The van der Waals surface area contributed by atoms with Gasteiger partial charge in [0.25, 0.3) is 0 Å². The monoisotopic (exact) mass is 325 g/mol. The van der Waals surface area contributed by atoms with E-state index in [-0.39, 0.29) is 24.7 Å². The molecule has 1 saturated carbocycles. The molecule has 1 aliphatic rings. The van der Waals surface area contributed by atoms with Crippen LogP contribution in [0.5, 0.6) is 0 Å². The lowest BCUT2D eigenvalue weighted by Gasteiger charge is -2.34. The van der Waals surface area contributed by atoms with Gasteiger partial charge in [-0.05, 0) is 44.9 Å². The van der Waals surface area contributed by atoms with Crippen molar-refractivity contribution < 1.29 is 9.90 Å². The largest absolute Gasteiger partial charge is 0.396 e. The lowest BCUT2D eigenvalue weighted by atomic mass is 9.86. The summed E-state index contributed by atoms with van der Waals surface area (Å²) in [5, 5.41) is 15.4. The van der Waals surface area contributed by atoms with E-state index in [0.717, 1.165) is 42.8 Å². The zero-order chi connectivity index (χ0) is 16.1. The van der Waals surface area contributed by atoms with Crippen LogP contribution in [-0.4, -0.2) is 40.7 Å². The third kappa shape index (κ3) is 4.20. The Hall–Kier alpha value is -1.14. The van der Waals surface area contributed by atoms with Gasteiger partial charge < -0.3 is 15.3 Å². The van der Waals surface area contributed by atoms with Crippen LogP contribution in [0.2, 0.25) is 0 Å². The number of nitrogens with zero attached hydrogens (tertiary/aromatic N) is 2. The van der Waals surface area contributed by atoms with Gasteiger partial charge in [0.15, 0.2) is 0 Å². The summed E-state index contributed by atoms with van der Waals surface area (Å²) >= 11 is 1.64. The number of rotatable bonds is 5. The minimum absolute atomic E-state index is 0.0361. The van der Waals surface area contributed by atoms with Crippen LogP contribution in [0.1, 0.15) is 56.3 Å². The second-order valence-corrected chi connectivity index (χ2v) is 7.10. The van der Waals surface area contributed by atoms with Crippen molar-refractivity contribution in [1.82, 2.24) is 15.2 Å². The number of urea groups is 1. The molecule has 1 atom stereocenters. The van der Waals surface area contributed by atoms with Gasteiger partial charge in [0, 0.05) is 25.1 Å². The molecule has 0 aliphatic heterocycles. The summed E-state index contributed by atoms with van der Waals surface area (Å²) in [4.78, 5) is 18.7. The number of aliphatic hydroxyl groups is 1. The molecule has 0 radical (unpaired) electrons. The summed E-state index contributed by atoms with van der Waals surface area (Å²) in [7, 11) is 1.87. The highest BCUT2D eigenvalue weighted by Crippen LogP contribution is 2.27. The number of carbonyl (C=O) groups excluding carboxylic acids is 1. The molecule has 0 bridgehead atoms. The molecule has 2 amide bonds. The minimum Gasteiger partial charge on any atom is -0.396 e. The number of aromatic nitrogens is 1. The highest BCUT2D eigenvalue weighted by molar-refractivity contribution is 7.09. The minimum atomic E-state index is -0.0692. The van der Waals surface area contributed by atoms with E-state index in [4.69, 9.17) is 0 Å². The molecule has 2 rings (SSSR count). The van der Waals surface area contributed by atoms with Gasteiger partial charge in [0.1, 0.15) is 0 Å². The van der Waals surface area contributed by atoms with Gasteiger partial charge in [0.2, 0.25) is 0 Å². The SMILES string of the molecule is CCc1nc(C(C)NC(=O)N(C)C2CCC(CO)CC2)cs1. The number of hydrogen-bond acceptors (Lipinski definition) is 4. The van der Waals surface area contributed by atoms with E-state index >= 15 is 0 Å². The molecule has 1 fully saturated rings. The lowest BCUT2D eigenvalue weighted by Crippen LogP contribution is -2.45. The molecule has 1 aromatic rings. The molecule has 1 aromatic heterocycles. The van der Waals surface area contributed by atoms with Gasteiger partial charge in [-0.3, -0.25) is 0 Å². The van der Waals surface area contributed by atoms with Crippen LogP contribution in [-0.2, 0) is 6.42 Å². The Bertz CT molecular complexity index is 483. The molecule has 22 heavy (non-hydrogen) atoms. The Morgan fingerprint density at radius 1 is 1.50 bits per heavy atom. The molecular weight excluding hydrogens is 298 g/mol. The summed E-state index contributed by atoms with van der Waals surface area (Å²) in [5.41, 5.74) is 0.938. The van der Waals surface area contributed by atoms with Crippen LogP contribution in [0.15, 0.2) is 5.38 Å². The van der Waals surface area contributed by atoms with Crippen LogP contribution in [0.25, 0.3) is 0 Å². The third-order valence-electron chi connectivity index (χ3n) is 4.60. The molecule has 1 unspecified atom stereocenters. The number of aryl methyl sites for hydroxylation is 1.